The molecular formula is C22H26N6O2. The summed E-state index contributed by atoms with van der Waals surface area (Å²) in [4.78, 5) is 27.6. The molecule has 1 aliphatic heterocycles. The summed E-state index contributed by atoms with van der Waals surface area (Å²) in [5.41, 5.74) is 4.71. The van der Waals surface area contributed by atoms with Crippen LogP contribution in [0.3, 0.4) is 0 Å². The number of carbonyl (C=O) groups excluding carboxylic acids is 2. The van der Waals surface area contributed by atoms with Gasteiger partial charge in [0.2, 0.25) is 0 Å². The molecule has 0 fully saturated rings. The number of aromatic nitrogens is 4. The van der Waals surface area contributed by atoms with Crippen molar-refractivity contribution in [2.75, 3.05) is 6.54 Å². The van der Waals surface area contributed by atoms with E-state index in [2.05, 4.69) is 15.5 Å². The van der Waals surface area contributed by atoms with Gasteiger partial charge in [-0.05, 0) is 25.8 Å². The quantitative estimate of drug-likeness (QED) is 0.704. The Kier molecular flexibility index (Phi) is 5.39. The number of aryl methyl sites for hydroxylation is 3. The van der Waals surface area contributed by atoms with Crippen LogP contribution in [-0.4, -0.2) is 42.8 Å². The molecule has 0 unspecified atom stereocenters. The van der Waals surface area contributed by atoms with Crippen LogP contribution in [0.4, 0.5) is 0 Å². The lowest BCUT2D eigenvalue weighted by atomic mass is 10.2. The molecule has 3 heterocycles. The van der Waals surface area contributed by atoms with Gasteiger partial charge in [0.1, 0.15) is 5.69 Å². The minimum Gasteiger partial charge on any atom is -0.346 e. The summed E-state index contributed by atoms with van der Waals surface area (Å²) in [7, 11) is 1.88. The van der Waals surface area contributed by atoms with Gasteiger partial charge in [0.25, 0.3) is 11.8 Å². The molecule has 1 N–H and O–H groups in total. The number of carbonyl (C=O) groups is 2. The first-order valence-corrected chi connectivity index (χ1v) is 10.1. The first-order chi connectivity index (χ1) is 14.4. The molecule has 3 aromatic rings. The van der Waals surface area contributed by atoms with Crippen LogP contribution in [0.1, 0.15) is 49.9 Å². The van der Waals surface area contributed by atoms with E-state index in [-0.39, 0.29) is 17.5 Å². The van der Waals surface area contributed by atoms with Gasteiger partial charge in [0.05, 0.1) is 5.69 Å². The maximum absolute atomic E-state index is 13.1. The number of benzene rings is 1. The number of hydrogen-bond donors (Lipinski definition) is 1. The predicted octanol–water partition coefficient (Wildman–Crippen LogP) is 2.21. The van der Waals surface area contributed by atoms with E-state index < -0.39 is 0 Å². The molecule has 1 aromatic carbocycles. The van der Waals surface area contributed by atoms with Gasteiger partial charge in [-0.15, -0.1) is 0 Å². The topological polar surface area (TPSA) is 85.1 Å². The molecule has 30 heavy (non-hydrogen) atoms. The highest BCUT2D eigenvalue weighted by Gasteiger charge is 2.26. The third kappa shape index (κ3) is 3.85. The molecule has 0 radical (unpaired) electrons. The molecule has 0 saturated carbocycles. The molecule has 4 rings (SSSR count). The molecule has 8 heteroatoms. The monoisotopic (exact) mass is 406 g/mol. The maximum Gasteiger partial charge on any atom is 0.272 e. The molecule has 1 aliphatic rings. The van der Waals surface area contributed by atoms with Crippen LogP contribution in [-0.2, 0) is 26.7 Å². The average Bonchev–Trinajstić information content (AvgIpc) is 3.22. The highest BCUT2D eigenvalue weighted by molar-refractivity contribution is 5.98. The maximum atomic E-state index is 13.1. The Hall–Kier alpha value is -3.42. The second kappa shape index (κ2) is 8.14. The third-order valence-corrected chi connectivity index (χ3v) is 5.62. The van der Waals surface area contributed by atoms with Crippen molar-refractivity contribution >= 4 is 11.8 Å². The Balaban J connectivity index is 1.48. The summed E-state index contributed by atoms with van der Waals surface area (Å²) in [6.45, 7) is 6.10. The molecule has 0 spiro atoms. The second-order valence-corrected chi connectivity index (χ2v) is 7.66. The van der Waals surface area contributed by atoms with Gasteiger partial charge in [0, 0.05) is 50.6 Å². The lowest BCUT2D eigenvalue weighted by molar-refractivity contribution is 0.0745. The van der Waals surface area contributed by atoms with E-state index in [9.17, 15) is 9.59 Å². The lowest BCUT2D eigenvalue weighted by Crippen LogP contribution is -2.30. The smallest absolute Gasteiger partial charge is 0.272 e. The normalized spacial score (nSPS) is 13.8. The first kappa shape index (κ1) is 19.9. The standard InChI is InChI=1S/C22H26N6O2/c1-15-18(16(2)26(3)24-15)13-23-21(29)19-12-20-22(30)27(10-7-11-28(20)25-19)14-17-8-5-4-6-9-17/h4-6,8-9,12H,7,10-11,13-14H2,1-3H3,(H,23,29). The zero-order valence-electron chi connectivity index (χ0n) is 17.6. The summed E-state index contributed by atoms with van der Waals surface area (Å²) >= 11 is 0. The van der Waals surface area contributed by atoms with E-state index in [1.54, 1.807) is 15.4 Å². The van der Waals surface area contributed by atoms with Crippen LogP contribution in [0.25, 0.3) is 0 Å². The van der Waals surface area contributed by atoms with Gasteiger partial charge in [0.15, 0.2) is 5.69 Å². The Morgan fingerprint density at radius 1 is 1.13 bits per heavy atom. The van der Waals surface area contributed by atoms with Crippen LogP contribution in [0, 0.1) is 13.8 Å². The van der Waals surface area contributed by atoms with Crippen LogP contribution < -0.4 is 5.32 Å². The van der Waals surface area contributed by atoms with Crippen LogP contribution in [0.5, 0.6) is 0 Å². The molecule has 2 amide bonds. The van der Waals surface area contributed by atoms with Gasteiger partial charge in [-0.3, -0.25) is 19.0 Å². The van der Waals surface area contributed by atoms with Crippen molar-refractivity contribution in [2.24, 2.45) is 7.05 Å². The Labute approximate surface area is 175 Å². The van der Waals surface area contributed by atoms with Crippen molar-refractivity contribution in [3.05, 3.63) is 70.3 Å². The zero-order valence-corrected chi connectivity index (χ0v) is 17.6. The number of rotatable bonds is 5. The highest BCUT2D eigenvalue weighted by atomic mass is 16.2. The molecule has 0 saturated heterocycles. The van der Waals surface area contributed by atoms with Gasteiger partial charge >= 0.3 is 0 Å². The van der Waals surface area contributed by atoms with Crippen molar-refractivity contribution in [1.82, 2.24) is 29.8 Å². The number of hydrogen-bond acceptors (Lipinski definition) is 4. The summed E-state index contributed by atoms with van der Waals surface area (Å²) in [6, 6.07) is 11.5. The van der Waals surface area contributed by atoms with Crippen LogP contribution in [0.15, 0.2) is 36.4 Å². The fourth-order valence-electron chi connectivity index (χ4n) is 3.83. The third-order valence-electron chi connectivity index (χ3n) is 5.62. The number of amides is 2. The fourth-order valence-corrected chi connectivity index (χ4v) is 3.83. The second-order valence-electron chi connectivity index (χ2n) is 7.66. The van der Waals surface area contributed by atoms with Crippen molar-refractivity contribution in [3.8, 4) is 0 Å². The number of nitrogens with zero attached hydrogens (tertiary/aromatic N) is 5. The van der Waals surface area contributed by atoms with E-state index in [1.165, 1.54) is 0 Å². The summed E-state index contributed by atoms with van der Waals surface area (Å²) in [5, 5.41) is 11.7. The van der Waals surface area contributed by atoms with Gasteiger partial charge < -0.3 is 10.2 Å². The van der Waals surface area contributed by atoms with Crippen molar-refractivity contribution in [2.45, 2.75) is 39.9 Å². The van der Waals surface area contributed by atoms with Gasteiger partial charge in [-0.25, -0.2) is 0 Å². The van der Waals surface area contributed by atoms with E-state index in [0.717, 1.165) is 28.9 Å². The molecule has 8 nitrogen and oxygen atoms in total. The largest absolute Gasteiger partial charge is 0.346 e. The average molecular weight is 406 g/mol. The highest BCUT2D eigenvalue weighted by Crippen LogP contribution is 2.17. The molecule has 0 aliphatic carbocycles. The molecule has 0 bridgehead atoms. The molecule has 0 atom stereocenters. The fraction of sp³-hybridized carbons (Fsp3) is 0.364. The zero-order chi connectivity index (χ0) is 21.3. The Morgan fingerprint density at radius 3 is 2.60 bits per heavy atom. The summed E-state index contributed by atoms with van der Waals surface area (Å²) in [6.07, 6.45) is 0.794. The van der Waals surface area contributed by atoms with E-state index in [4.69, 9.17) is 0 Å². The Bertz CT molecular complexity index is 1080. The van der Waals surface area contributed by atoms with E-state index >= 15 is 0 Å². The minimum absolute atomic E-state index is 0.0955. The van der Waals surface area contributed by atoms with Gasteiger partial charge in [-0.1, -0.05) is 30.3 Å². The predicted molar refractivity (Wildman–Crippen MR) is 112 cm³/mol. The molecule has 2 aromatic heterocycles. The number of nitrogens with one attached hydrogen (secondary N) is 1. The van der Waals surface area contributed by atoms with Crippen LogP contribution in [0.2, 0.25) is 0 Å². The minimum atomic E-state index is -0.291. The molecular weight excluding hydrogens is 380 g/mol. The van der Waals surface area contributed by atoms with Crippen molar-refractivity contribution in [1.29, 1.82) is 0 Å². The SMILES string of the molecule is Cc1nn(C)c(C)c1CNC(=O)c1cc2n(n1)CCCN(Cc1ccccc1)C2=O. The Morgan fingerprint density at radius 2 is 1.90 bits per heavy atom. The van der Waals surface area contributed by atoms with Crippen molar-refractivity contribution in [3.63, 3.8) is 0 Å². The van der Waals surface area contributed by atoms with Gasteiger partial charge in [-0.2, -0.15) is 10.2 Å². The molecule has 156 valence electrons. The summed E-state index contributed by atoms with van der Waals surface area (Å²) in [5.74, 6) is -0.387. The van der Waals surface area contributed by atoms with E-state index in [1.807, 2.05) is 56.1 Å². The van der Waals surface area contributed by atoms with E-state index in [0.29, 0.717) is 31.9 Å². The first-order valence-electron chi connectivity index (χ1n) is 10.1. The van der Waals surface area contributed by atoms with Crippen molar-refractivity contribution < 1.29 is 9.59 Å². The lowest BCUT2D eigenvalue weighted by Gasteiger charge is -2.20. The number of fused-ring (bicyclic) bond motifs is 1. The van der Waals surface area contributed by atoms with Crippen LogP contribution >= 0.6 is 0 Å². The summed E-state index contributed by atoms with van der Waals surface area (Å²) < 4.78 is 3.46.